The van der Waals surface area contributed by atoms with Crippen LogP contribution in [-0.4, -0.2) is 5.71 Å². The van der Waals surface area contributed by atoms with Crippen molar-refractivity contribution in [2.24, 2.45) is 0 Å². The highest BCUT2D eigenvalue weighted by Gasteiger charge is 2.27. The summed E-state index contributed by atoms with van der Waals surface area (Å²) in [4.78, 5) is 0. The van der Waals surface area contributed by atoms with Gasteiger partial charge in [-0.3, -0.25) is 0 Å². The first-order valence-electron chi connectivity index (χ1n) is 5.58. The Kier molecular flexibility index (Phi) is 2.10. The van der Waals surface area contributed by atoms with E-state index in [-0.39, 0.29) is 5.92 Å². The summed E-state index contributed by atoms with van der Waals surface area (Å²) in [5.41, 5.74) is 4.45. The molecule has 1 aliphatic rings. The van der Waals surface area contributed by atoms with E-state index in [1.807, 2.05) is 24.3 Å². The molecular formula is C15H13N. The van der Waals surface area contributed by atoms with Gasteiger partial charge in [0.05, 0.1) is 0 Å². The zero-order valence-corrected chi connectivity index (χ0v) is 8.98. The molecule has 1 N–H and O–H groups in total. The van der Waals surface area contributed by atoms with Gasteiger partial charge in [-0.25, -0.2) is 0 Å². The van der Waals surface area contributed by atoms with Crippen LogP contribution in [0.4, 0.5) is 0 Å². The monoisotopic (exact) mass is 207 g/mol. The second-order valence-corrected chi connectivity index (χ2v) is 4.24. The predicted molar refractivity (Wildman–Crippen MR) is 66.2 cm³/mol. The third-order valence-corrected chi connectivity index (χ3v) is 3.28. The average Bonchev–Trinajstić information content (AvgIpc) is 2.69. The molecule has 0 saturated carbocycles. The van der Waals surface area contributed by atoms with Crippen molar-refractivity contribution in [1.29, 1.82) is 5.41 Å². The quantitative estimate of drug-likeness (QED) is 0.741. The summed E-state index contributed by atoms with van der Waals surface area (Å²) in [5, 5.41) is 8.23. The highest BCUT2D eigenvalue weighted by Crippen LogP contribution is 2.33. The Hall–Kier alpha value is -1.89. The molecule has 3 rings (SSSR count). The number of nitrogens with one attached hydrogen (secondary N) is 1. The Morgan fingerprint density at radius 3 is 2.31 bits per heavy atom. The van der Waals surface area contributed by atoms with E-state index in [9.17, 15) is 0 Å². The molecule has 78 valence electrons. The van der Waals surface area contributed by atoms with Crippen LogP contribution in [0.2, 0.25) is 0 Å². The van der Waals surface area contributed by atoms with Crippen LogP contribution < -0.4 is 0 Å². The van der Waals surface area contributed by atoms with Crippen LogP contribution in [0.5, 0.6) is 0 Å². The fraction of sp³-hybridized carbons (Fsp3) is 0.133. The topological polar surface area (TPSA) is 23.9 Å². The molecule has 2 aromatic carbocycles. The Morgan fingerprint density at radius 1 is 0.875 bits per heavy atom. The standard InChI is InChI=1S/C15H13N/c16-15-13-9-5-4-8-12(13)10-14(15)11-6-2-1-3-7-11/h1-9,14,16H,10H2. The lowest BCUT2D eigenvalue weighted by Gasteiger charge is -2.09. The Balaban J connectivity index is 2.02. The van der Waals surface area contributed by atoms with Crippen LogP contribution in [-0.2, 0) is 6.42 Å². The van der Waals surface area contributed by atoms with Crippen molar-refractivity contribution in [1.82, 2.24) is 0 Å². The van der Waals surface area contributed by atoms with E-state index < -0.39 is 0 Å². The van der Waals surface area contributed by atoms with Crippen LogP contribution in [0.15, 0.2) is 54.6 Å². The van der Waals surface area contributed by atoms with Crippen LogP contribution in [0.3, 0.4) is 0 Å². The molecule has 1 unspecified atom stereocenters. The van der Waals surface area contributed by atoms with Crippen LogP contribution in [0, 0.1) is 5.41 Å². The zero-order chi connectivity index (χ0) is 11.0. The molecule has 0 aromatic heterocycles. The van der Waals surface area contributed by atoms with E-state index in [1.165, 1.54) is 11.1 Å². The molecule has 1 nitrogen and oxygen atoms in total. The van der Waals surface area contributed by atoms with Crippen LogP contribution in [0.1, 0.15) is 22.6 Å². The fourth-order valence-corrected chi connectivity index (χ4v) is 2.44. The number of rotatable bonds is 1. The van der Waals surface area contributed by atoms with Crippen molar-refractivity contribution in [2.75, 3.05) is 0 Å². The smallest absolute Gasteiger partial charge is 0.0467 e. The maximum Gasteiger partial charge on any atom is 0.0467 e. The van der Waals surface area contributed by atoms with E-state index in [1.54, 1.807) is 0 Å². The van der Waals surface area contributed by atoms with Crippen molar-refractivity contribution in [3.63, 3.8) is 0 Å². The van der Waals surface area contributed by atoms with E-state index in [0.717, 1.165) is 17.7 Å². The first-order chi connectivity index (χ1) is 7.86. The molecule has 1 heteroatoms. The van der Waals surface area contributed by atoms with Crippen LogP contribution in [0.25, 0.3) is 0 Å². The second kappa shape index (κ2) is 3.60. The maximum atomic E-state index is 8.23. The predicted octanol–water partition coefficient (Wildman–Crippen LogP) is 3.39. The highest BCUT2D eigenvalue weighted by atomic mass is 14.5. The van der Waals surface area contributed by atoms with Crippen molar-refractivity contribution in [3.05, 3.63) is 71.3 Å². The number of hydrogen-bond donors (Lipinski definition) is 1. The van der Waals surface area contributed by atoms with Crippen molar-refractivity contribution in [3.8, 4) is 0 Å². The van der Waals surface area contributed by atoms with Crippen molar-refractivity contribution < 1.29 is 0 Å². The fourth-order valence-electron chi connectivity index (χ4n) is 2.44. The molecule has 1 atom stereocenters. The first kappa shape index (κ1) is 9.34. The lowest BCUT2D eigenvalue weighted by molar-refractivity contribution is 0.911. The molecular weight excluding hydrogens is 194 g/mol. The van der Waals surface area contributed by atoms with Gasteiger partial charge in [0.2, 0.25) is 0 Å². The largest absolute Gasteiger partial charge is 0.304 e. The molecule has 0 saturated heterocycles. The molecule has 1 aliphatic carbocycles. The summed E-state index contributed by atoms with van der Waals surface area (Å²) in [6.07, 6.45) is 0.971. The minimum absolute atomic E-state index is 0.249. The van der Waals surface area contributed by atoms with E-state index >= 15 is 0 Å². The maximum absolute atomic E-state index is 8.23. The van der Waals surface area contributed by atoms with Gasteiger partial charge in [0, 0.05) is 11.6 Å². The van der Waals surface area contributed by atoms with E-state index in [4.69, 9.17) is 5.41 Å². The Bertz CT molecular complexity index is 528. The van der Waals surface area contributed by atoms with E-state index in [0.29, 0.717) is 0 Å². The molecule has 0 fully saturated rings. The van der Waals surface area contributed by atoms with Crippen molar-refractivity contribution >= 4 is 5.71 Å². The van der Waals surface area contributed by atoms with E-state index in [2.05, 4.69) is 30.3 Å². The van der Waals surface area contributed by atoms with Gasteiger partial charge in [0.15, 0.2) is 0 Å². The summed E-state index contributed by atoms with van der Waals surface area (Å²) in [6, 6.07) is 18.6. The molecule has 0 bridgehead atoms. The number of benzene rings is 2. The number of fused-ring (bicyclic) bond motifs is 1. The second-order valence-electron chi connectivity index (χ2n) is 4.24. The number of hydrogen-bond acceptors (Lipinski definition) is 1. The normalized spacial score (nSPS) is 18.5. The van der Waals surface area contributed by atoms with Gasteiger partial charge in [-0.1, -0.05) is 54.6 Å². The van der Waals surface area contributed by atoms with Gasteiger partial charge in [-0.15, -0.1) is 0 Å². The highest BCUT2D eigenvalue weighted by molar-refractivity contribution is 6.07. The summed E-state index contributed by atoms with van der Waals surface area (Å²) in [6.45, 7) is 0. The van der Waals surface area contributed by atoms with Gasteiger partial charge in [-0.2, -0.15) is 0 Å². The third-order valence-electron chi connectivity index (χ3n) is 3.28. The Morgan fingerprint density at radius 2 is 1.56 bits per heavy atom. The summed E-state index contributed by atoms with van der Waals surface area (Å²) in [7, 11) is 0. The summed E-state index contributed by atoms with van der Waals surface area (Å²) in [5.74, 6) is 0.249. The lowest BCUT2D eigenvalue weighted by atomic mass is 9.95. The molecule has 0 spiro atoms. The minimum Gasteiger partial charge on any atom is -0.304 e. The lowest BCUT2D eigenvalue weighted by Crippen LogP contribution is -2.06. The molecule has 0 aliphatic heterocycles. The first-order valence-corrected chi connectivity index (χ1v) is 5.58. The van der Waals surface area contributed by atoms with Gasteiger partial charge in [0.25, 0.3) is 0 Å². The molecule has 0 heterocycles. The summed E-state index contributed by atoms with van der Waals surface area (Å²) < 4.78 is 0. The van der Waals surface area contributed by atoms with Crippen LogP contribution >= 0.6 is 0 Å². The minimum atomic E-state index is 0.249. The third kappa shape index (κ3) is 1.36. The molecule has 0 amide bonds. The zero-order valence-electron chi connectivity index (χ0n) is 8.98. The molecule has 16 heavy (non-hydrogen) atoms. The molecule has 2 aromatic rings. The Labute approximate surface area is 95.3 Å². The van der Waals surface area contributed by atoms with Gasteiger partial charge in [0.1, 0.15) is 0 Å². The molecule has 0 radical (unpaired) electrons. The van der Waals surface area contributed by atoms with Gasteiger partial charge >= 0.3 is 0 Å². The summed E-state index contributed by atoms with van der Waals surface area (Å²) >= 11 is 0. The average molecular weight is 207 g/mol. The SMILES string of the molecule is N=C1c2ccccc2CC1c1ccccc1. The van der Waals surface area contributed by atoms with Gasteiger partial charge < -0.3 is 5.41 Å². The van der Waals surface area contributed by atoms with Gasteiger partial charge in [-0.05, 0) is 23.1 Å². The van der Waals surface area contributed by atoms with Crippen molar-refractivity contribution in [2.45, 2.75) is 12.3 Å².